The second kappa shape index (κ2) is 4.20. The lowest BCUT2D eigenvalue weighted by Crippen LogP contribution is -2.30. The predicted octanol–water partition coefficient (Wildman–Crippen LogP) is -0.173. The van der Waals surface area contributed by atoms with Crippen molar-refractivity contribution < 1.29 is 18.3 Å². The molecule has 6 heteroatoms. The van der Waals surface area contributed by atoms with Gasteiger partial charge in [-0.3, -0.25) is 4.79 Å². The molecular weight excluding hydrogens is 242 g/mol. The second-order valence-electron chi connectivity index (χ2n) is 3.32. The Hall–Kier alpha value is -1.84. The molecule has 1 N–H and O–H groups in total. The fraction of sp³-hybridized carbons (Fsp3) is 0.182. The van der Waals surface area contributed by atoms with Crippen molar-refractivity contribution in [2.45, 2.75) is 4.90 Å². The highest BCUT2D eigenvalue weighted by molar-refractivity contribution is 7.90. The smallest absolute Gasteiger partial charge is 0.269 e. The van der Waals surface area contributed by atoms with Crippen molar-refractivity contribution >= 4 is 15.9 Å². The van der Waals surface area contributed by atoms with E-state index in [2.05, 4.69) is 11.8 Å². The summed E-state index contributed by atoms with van der Waals surface area (Å²) in [5.74, 6) is 4.16. The van der Waals surface area contributed by atoms with Crippen molar-refractivity contribution in [3.63, 3.8) is 0 Å². The van der Waals surface area contributed by atoms with Crippen molar-refractivity contribution in [3.8, 4) is 11.8 Å². The first-order valence-corrected chi connectivity index (χ1v) is 6.25. The Bertz CT molecular complexity index is 624. The van der Waals surface area contributed by atoms with Crippen LogP contribution in [0.3, 0.4) is 0 Å². The van der Waals surface area contributed by atoms with E-state index in [0.717, 1.165) is 0 Å². The maximum absolute atomic E-state index is 12.0. The minimum absolute atomic E-state index is 0.01000. The molecule has 1 aromatic carbocycles. The molecule has 0 atom stereocenters. The van der Waals surface area contributed by atoms with Crippen LogP contribution in [0.15, 0.2) is 29.2 Å². The van der Waals surface area contributed by atoms with Gasteiger partial charge in [0, 0.05) is 0 Å². The third-order valence-corrected chi connectivity index (χ3v) is 4.13. The van der Waals surface area contributed by atoms with E-state index in [1.165, 1.54) is 12.1 Å². The third-order valence-electron chi connectivity index (χ3n) is 2.34. The number of hydrogen-bond acceptors (Lipinski definition) is 4. The summed E-state index contributed by atoms with van der Waals surface area (Å²) >= 11 is 0. The topological polar surface area (TPSA) is 74.7 Å². The van der Waals surface area contributed by atoms with Crippen LogP contribution in [0.2, 0.25) is 0 Å². The number of aliphatic hydroxyl groups is 1. The molecule has 0 fully saturated rings. The zero-order valence-corrected chi connectivity index (χ0v) is 9.57. The van der Waals surface area contributed by atoms with E-state index in [-0.39, 0.29) is 23.6 Å². The number of amides is 1. The monoisotopic (exact) mass is 251 g/mol. The molecule has 0 unspecified atom stereocenters. The second-order valence-corrected chi connectivity index (χ2v) is 5.16. The summed E-state index contributed by atoms with van der Waals surface area (Å²) in [6.45, 7) is -0.606. The molecule has 1 aliphatic rings. The molecule has 5 nitrogen and oxygen atoms in total. The highest BCUT2D eigenvalue weighted by Crippen LogP contribution is 2.29. The maximum atomic E-state index is 12.0. The first-order valence-electron chi connectivity index (χ1n) is 4.81. The fourth-order valence-electron chi connectivity index (χ4n) is 1.57. The van der Waals surface area contributed by atoms with E-state index in [0.29, 0.717) is 4.31 Å². The first-order chi connectivity index (χ1) is 8.09. The molecule has 0 aliphatic carbocycles. The van der Waals surface area contributed by atoms with Crippen LogP contribution in [-0.4, -0.2) is 36.9 Å². The molecule has 0 saturated heterocycles. The molecule has 1 heterocycles. The van der Waals surface area contributed by atoms with Gasteiger partial charge in [-0.15, -0.1) is 0 Å². The minimum atomic E-state index is -3.78. The van der Waals surface area contributed by atoms with E-state index in [1.807, 2.05) is 0 Å². The summed E-state index contributed by atoms with van der Waals surface area (Å²) in [7, 11) is -3.78. The van der Waals surface area contributed by atoms with Gasteiger partial charge in [0.25, 0.3) is 15.9 Å². The normalized spacial score (nSPS) is 16.3. The lowest BCUT2D eigenvalue weighted by atomic mass is 10.2. The van der Waals surface area contributed by atoms with Crippen molar-refractivity contribution in [1.29, 1.82) is 0 Å². The van der Waals surface area contributed by atoms with Gasteiger partial charge in [-0.2, -0.15) is 0 Å². The fourth-order valence-corrected chi connectivity index (χ4v) is 3.04. The Labute approximate surface area is 98.7 Å². The van der Waals surface area contributed by atoms with Crippen molar-refractivity contribution in [1.82, 2.24) is 4.31 Å². The number of carbonyl (C=O) groups is 1. The highest BCUT2D eigenvalue weighted by Gasteiger charge is 2.40. The molecule has 1 aromatic rings. The SMILES string of the molecule is O=C1c2ccccc2S(=O)(=O)N1CC#CCO. The van der Waals surface area contributed by atoms with Crippen LogP contribution < -0.4 is 0 Å². The van der Waals surface area contributed by atoms with Crippen LogP contribution in [0.25, 0.3) is 0 Å². The summed E-state index contributed by atoms with van der Waals surface area (Å²) in [5.41, 5.74) is 0.165. The summed E-state index contributed by atoms with van der Waals surface area (Å²) in [4.78, 5) is 11.8. The van der Waals surface area contributed by atoms with E-state index in [1.54, 1.807) is 12.1 Å². The van der Waals surface area contributed by atoms with E-state index < -0.39 is 15.9 Å². The summed E-state index contributed by atoms with van der Waals surface area (Å²) < 4.78 is 24.6. The van der Waals surface area contributed by atoms with Crippen LogP contribution in [0.5, 0.6) is 0 Å². The number of benzene rings is 1. The molecule has 2 rings (SSSR count). The van der Waals surface area contributed by atoms with Crippen molar-refractivity contribution in [3.05, 3.63) is 29.8 Å². The molecule has 0 radical (unpaired) electrons. The maximum Gasteiger partial charge on any atom is 0.269 e. The van der Waals surface area contributed by atoms with Gasteiger partial charge in [0.05, 0.1) is 12.1 Å². The van der Waals surface area contributed by atoms with Gasteiger partial charge in [0.2, 0.25) is 0 Å². The lowest BCUT2D eigenvalue weighted by molar-refractivity contribution is 0.0882. The zero-order chi connectivity index (χ0) is 12.5. The molecule has 0 saturated carbocycles. The molecule has 88 valence electrons. The van der Waals surface area contributed by atoms with E-state index in [9.17, 15) is 13.2 Å². The van der Waals surface area contributed by atoms with E-state index in [4.69, 9.17) is 5.11 Å². The molecule has 0 bridgehead atoms. The van der Waals surface area contributed by atoms with Gasteiger partial charge in [-0.1, -0.05) is 24.0 Å². The quantitative estimate of drug-likeness (QED) is 0.703. The third kappa shape index (κ3) is 1.79. The molecule has 0 spiro atoms. The van der Waals surface area contributed by atoms with Gasteiger partial charge in [0.15, 0.2) is 0 Å². The van der Waals surface area contributed by atoms with Gasteiger partial charge in [-0.25, -0.2) is 12.7 Å². The Balaban J connectivity index is 2.44. The van der Waals surface area contributed by atoms with Gasteiger partial charge >= 0.3 is 0 Å². The Kier molecular flexibility index (Phi) is 2.88. The Morgan fingerprint density at radius 2 is 1.94 bits per heavy atom. The van der Waals surface area contributed by atoms with Crippen LogP contribution >= 0.6 is 0 Å². The average molecular weight is 251 g/mol. The summed E-state index contributed by atoms with van der Waals surface area (Å²) in [6.07, 6.45) is 0. The lowest BCUT2D eigenvalue weighted by Gasteiger charge is -2.10. The van der Waals surface area contributed by atoms with E-state index >= 15 is 0 Å². The number of aliphatic hydroxyl groups excluding tert-OH is 1. The average Bonchev–Trinajstić information content (AvgIpc) is 2.51. The number of fused-ring (bicyclic) bond motifs is 1. The predicted molar refractivity (Wildman–Crippen MR) is 59.5 cm³/mol. The number of sulfonamides is 1. The van der Waals surface area contributed by atoms with Crippen LogP contribution in [-0.2, 0) is 10.0 Å². The number of nitrogens with zero attached hydrogens (tertiary/aromatic N) is 1. The minimum Gasteiger partial charge on any atom is -0.384 e. The van der Waals surface area contributed by atoms with Crippen molar-refractivity contribution in [2.24, 2.45) is 0 Å². The summed E-state index contributed by atoms with van der Waals surface area (Å²) in [6, 6.07) is 6.03. The van der Waals surface area contributed by atoms with Gasteiger partial charge < -0.3 is 5.11 Å². The van der Waals surface area contributed by atoms with Crippen LogP contribution in [0.1, 0.15) is 10.4 Å². The molecular formula is C11H9NO4S. The standard InChI is InChI=1S/C11H9NO4S/c13-8-4-3-7-12-11(14)9-5-1-2-6-10(9)17(12,15)16/h1-2,5-6,13H,7-8H2. The number of rotatable bonds is 1. The Morgan fingerprint density at radius 3 is 2.59 bits per heavy atom. The Morgan fingerprint density at radius 1 is 1.24 bits per heavy atom. The molecule has 1 amide bonds. The highest BCUT2D eigenvalue weighted by atomic mass is 32.2. The largest absolute Gasteiger partial charge is 0.384 e. The van der Waals surface area contributed by atoms with Crippen LogP contribution in [0, 0.1) is 11.8 Å². The molecule has 1 aliphatic heterocycles. The van der Waals surface area contributed by atoms with Crippen LogP contribution in [0.4, 0.5) is 0 Å². The first kappa shape index (κ1) is 11.6. The van der Waals surface area contributed by atoms with Gasteiger partial charge in [-0.05, 0) is 12.1 Å². The molecule has 0 aromatic heterocycles. The van der Waals surface area contributed by atoms with Crippen molar-refractivity contribution in [2.75, 3.05) is 13.2 Å². The number of hydrogen-bond donors (Lipinski definition) is 1. The number of carbonyl (C=O) groups excluding carboxylic acids is 1. The summed E-state index contributed by atoms with van der Waals surface area (Å²) in [5, 5.41) is 8.48. The van der Waals surface area contributed by atoms with Gasteiger partial charge in [0.1, 0.15) is 11.5 Å². The zero-order valence-electron chi connectivity index (χ0n) is 8.75. The molecule has 17 heavy (non-hydrogen) atoms.